The number of thiophene rings is 1. The summed E-state index contributed by atoms with van der Waals surface area (Å²) in [5, 5.41) is 2.06. The minimum absolute atomic E-state index is 0.0286. The van der Waals surface area contributed by atoms with Crippen LogP contribution in [0.4, 0.5) is 10.1 Å². The van der Waals surface area contributed by atoms with Crippen LogP contribution in [0.3, 0.4) is 0 Å². The molecule has 2 aromatic rings. The number of hydrogen-bond acceptors (Lipinski definition) is 3. The number of carbonyl (C=O) groups excluding carboxylic acids is 1. The minimum Gasteiger partial charge on any atom is -0.363 e. The van der Waals surface area contributed by atoms with E-state index in [1.807, 2.05) is 12.1 Å². The van der Waals surface area contributed by atoms with E-state index in [0.29, 0.717) is 18.4 Å². The fraction of sp³-hybridized carbons (Fsp3) is 0.500. The van der Waals surface area contributed by atoms with Crippen molar-refractivity contribution in [2.75, 3.05) is 18.0 Å². The van der Waals surface area contributed by atoms with E-state index in [0.717, 1.165) is 38.0 Å². The van der Waals surface area contributed by atoms with Gasteiger partial charge in [-0.1, -0.05) is 12.1 Å². The van der Waals surface area contributed by atoms with Gasteiger partial charge in [0.25, 0.3) is 0 Å². The highest BCUT2D eigenvalue weighted by molar-refractivity contribution is 7.09. The van der Waals surface area contributed by atoms with Gasteiger partial charge >= 0.3 is 0 Å². The summed E-state index contributed by atoms with van der Waals surface area (Å²) in [5.41, 5.74) is 0.934. The smallest absolute Gasteiger partial charge is 0.222 e. The summed E-state index contributed by atoms with van der Waals surface area (Å²) in [7, 11) is 0. The van der Waals surface area contributed by atoms with Gasteiger partial charge in [-0.15, -0.1) is 11.3 Å². The predicted molar refractivity (Wildman–Crippen MR) is 109 cm³/mol. The Kier molecular flexibility index (Phi) is 4.97. The fourth-order valence-electron chi connectivity index (χ4n) is 4.99. The molecule has 2 atom stereocenters. The number of carbonyl (C=O) groups is 1. The monoisotopic (exact) mass is 386 g/mol. The van der Waals surface area contributed by atoms with Crippen molar-refractivity contribution >= 4 is 22.9 Å². The molecule has 0 spiro atoms. The molecule has 2 saturated heterocycles. The van der Waals surface area contributed by atoms with Crippen molar-refractivity contribution in [1.29, 1.82) is 0 Å². The molecule has 2 aliphatic rings. The van der Waals surface area contributed by atoms with Crippen LogP contribution < -0.4 is 4.90 Å². The highest BCUT2D eigenvalue weighted by Crippen LogP contribution is 2.44. The third-order valence-electron chi connectivity index (χ3n) is 6.04. The zero-order valence-corrected chi connectivity index (χ0v) is 16.8. The van der Waals surface area contributed by atoms with E-state index in [-0.39, 0.29) is 17.3 Å². The highest BCUT2D eigenvalue weighted by atomic mass is 32.1. The van der Waals surface area contributed by atoms with E-state index in [4.69, 9.17) is 0 Å². The number of hydrogen-bond donors (Lipinski definition) is 0. The quantitative estimate of drug-likeness (QED) is 0.759. The van der Waals surface area contributed by atoms with Crippen LogP contribution in [0.5, 0.6) is 0 Å². The van der Waals surface area contributed by atoms with Crippen LogP contribution in [0.25, 0.3) is 0 Å². The Bertz CT molecular complexity index is 804. The standard InChI is InChI=1S/C22H27FN2OS/c1-22(2)14-16-15-24(21(26)9-8-19-7-4-12-27-19)11-10-20(16)25(22)18-6-3-5-17(23)13-18/h3-7,12-13,16,20H,8-11,14-15H2,1-2H3/t16-,20+/m1/s1. The van der Waals surface area contributed by atoms with Gasteiger partial charge in [0.2, 0.25) is 5.91 Å². The van der Waals surface area contributed by atoms with Gasteiger partial charge in [-0.05, 0) is 68.7 Å². The van der Waals surface area contributed by atoms with E-state index >= 15 is 0 Å². The number of nitrogens with zero attached hydrogens (tertiary/aromatic N) is 2. The summed E-state index contributed by atoms with van der Waals surface area (Å²) in [6, 6.07) is 11.5. The lowest BCUT2D eigenvalue weighted by Gasteiger charge is -2.42. The molecule has 1 aromatic heterocycles. The van der Waals surface area contributed by atoms with Crippen LogP contribution >= 0.6 is 11.3 Å². The second-order valence-corrected chi connectivity index (χ2v) is 9.43. The maximum absolute atomic E-state index is 13.8. The number of rotatable bonds is 4. The van der Waals surface area contributed by atoms with E-state index in [1.165, 1.54) is 10.9 Å². The van der Waals surface area contributed by atoms with Gasteiger partial charge in [0.15, 0.2) is 0 Å². The molecule has 0 aliphatic carbocycles. The molecule has 0 unspecified atom stereocenters. The SMILES string of the molecule is CC1(C)C[C@@H]2CN(C(=O)CCc3cccs3)CC[C@@H]2N1c1cccc(F)c1. The molecule has 3 heterocycles. The van der Waals surface area contributed by atoms with E-state index < -0.39 is 0 Å². The van der Waals surface area contributed by atoms with Crippen LogP contribution in [-0.2, 0) is 11.2 Å². The molecule has 27 heavy (non-hydrogen) atoms. The maximum Gasteiger partial charge on any atom is 0.222 e. The second kappa shape index (κ2) is 7.27. The number of amides is 1. The number of likely N-dealkylation sites (tertiary alicyclic amines) is 1. The van der Waals surface area contributed by atoms with Gasteiger partial charge in [-0.25, -0.2) is 4.39 Å². The lowest BCUT2D eigenvalue weighted by Crippen LogP contribution is -2.50. The molecule has 0 N–H and O–H groups in total. The molecular formula is C22H27FN2OS. The van der Waals surface area contributed by atoms with Crippen LogP contribution in [0.2, 0.25) is 0 Å². The fourth-order valence-corrected chi connectivity index (χ4v) is 5.69. The molecule has 1 amide bonds. The number of aryl methyl sites for hydroxylation is 1. The largest absolute Gasteiger partial charge is 0.363 e. The van der Waals surface area contributed by atoms with E-state index in [1.54, 1.807) is 23.5 Å². The Hall–Kier alpha value is -1.88. The summed E-state index contributed by atoms with van der Waals surface area (Å²) in [6.07, 6.45) is 3.41. The van der Waals surface area contributed by atoms with Crippen molar-refractivity contribution in [2.24, 2.45) is 5.92 Å². The Labute approximate surface area is 164 Å². The number of anilines is 1. The zero-order chi connectivity index (χ0) is 19.0. The minimum atomic E-state index is -0.187. The zero-order valence-electron chi connectivity index (χ0n) is 16.0. The van der Waals surface area contributed by atoms with Crippen molar-refractivity contribution < 1.29 is 9.18 Å². The molecule has 144 valence electrons. The second-order valence-electron chi connectivity index (χ2n) is 8.40. The first-order valence-electron chi connectivity index (χ1n) is 9.79. The molecule has 5 heteroatoms. The van der Waals surface area contributed by atoms with E-state index in [2.05, 4.69) is 35.1 Å². The first-order valence-corrected chi connectivity index (χ1v) is 10.7. The first kappa shape index (κ1) is 18.5. The topological polar surface area (TPSA) is 23.6 Å². The summed E-state index contributed by atoms with van der Waals surface area (Å²) in [5.74, 6) is 0.527. The Morgan fingerprint density at radius 1 is 1.30 bits per heavy atom. The summed E-state index contributed by atoms with van der Waals surface area (Å²) in [6.45, 7) is 6.09. The highest BCUT2D eigenvalue weighted by Gasteiger charge is 2.48. The van der Waals surface area contributed by atoms with Crippen LogP contribution in [-0.4, -0.2) is 35.5 Å². The number of halogens is 1. The molecule has 0 bridgehead atoms. The van der Waals surface area contributed by atoms with Crippen LogP contribution in [0.1, 0.15) is 38.0 Å². The average Bonchev–Trinajstić information content (AvgIpc) is 3.23. The van der Waals surface area contributed by atoms with Crippen molar-refractivity contribution in [3.8, 4) is 0 Å². The van der Waals surface area contributed by atoms with Gasteiger partial charge in [-0.3, -0.25) is 4.79 Å². The summed E-state index contributed by atoms with van der Waals surface area (Å²) in [4.78, 5) is 18.4. The van der Waals surface area contributed by atoms with Crippen molar-refractivity contribution in [2.45, 2.75) is 51.1 Å². The Balaban J connectivity index is 1.44. The first-order chi connectivity index (χ1) is 12.9. The van der Waals surface area contributed by atoms with Crippen molar-refractivity contribution in [1.82, 2.24) is 4.90 Å². The lowest BCUT2D eigenvalue weighted by atomic mass is 9.89. The van der Waals surface area contributed by atoms with E-state index in [9.17, 15) is 9.18 Å². The van der Waals surface area contributed by atoms with Crippen molar-refractivity contribution in [3.05, 3.63) is 52.5 Å². The number of benzene rings is 1. The molecule has 2 fully saturated rings. The maximum atomic E-state index is 13.8. The van der Waals surface area contributed by atoms with Gasteiger partial charge in [0.05, 0.1) is 0 Å². The molecular weight excluding hydrogens is 359 g/mol. The number of fused-ring (bicyclic) bond motifs is 1. The van der Waals surface area contributed by atoms with Gasteiger partial charge in [0.1, 0.15) is 5.82 Å². The van der Waals surface area contributed by atoms with Crippen molar-refractivity contribution in [3.63, 3.8) is 0 Å². The Morgan fingerprint density at radius 3 is 2.89 bits per heavy atom. The van der Waals surface area contributed by atoms with Crippen LogP contribution in [0.15, 0.2) is 41.8 Å². The normalized spacial score (nSPS) is 24.1. The molecule has 1 aromatic carbocycles. The number of piperidine rings is 1. The molecule has 2 aliphatic heterocycles. The Morgan fingerprint density at radius 2 is 2.15 bits per heavy atom. The third kappa shape index (κ3) is 3.75. The molecule has 0 saturated carbocycles. The molecule has 3 nitrogen and oxygen atoms in total. The lowest BCUT2D eigenvalue weighted by molar-refractivity contribution is -0.133. The summed E-state index contributed by atoms with van der Waals surface area (Å²) >= 11 is 1.72. The van der Waals surface area contributed by atoms with Crippen LogP contribution in [0, 0.1) is 11.7 Å². The molecule has 0 radical (unpaired) electrons. The third-order valence-corrected chi connectivity index (χ3v) is 6.98. The van der Waals surface area contributed by atoms with Gasteiger partial charge < -0.3 is 9.80 Å². The predicted octanol–water partition coefficient (Wildman–Crippen LogP) is 4.73. The molecule has 4 rings (SSSR count). The van der Waals surface area contributed by atoms with Gasteiger partial charge in [0, 0.05) is 41.7 Å². The summed E-state index contributed by atoms with van der Waals surface area (Å²) < 4.78 is 13.8. The average molecular weight is 387 g/mol. The van der Waals surface area contributed by atoms with Gasteiger partial charge in [-0.2, -0.15) is 0 Å².